The molecule has 0 saturated heterocycles. The predicted molar refractivity (Wildman–Crippen MR) is 70.1 cm³/mol. The first-order chi connectivity index (χ1) is 7.67. The van der Waals surface area contributed by atoms with E-state index in [1.165, 1.54) is 23.4 Å². The van der Waals surface area contributed by atoms with Crippen LogP contribution in [-0.4, -0.2) is 18.1 Å². The van der Waals surface area contributed by atoms with Gasteiger partial charge in [-0.15, -0.1) is 11.3 Å². The van der Waals surface area contributed by atoms with E-state index in [0.29, 0.717) is 18.5 Å². The fourth-order valence-corrected chi connectivity index (χ4v) is 2.87. The van der Waals surface area contributed by atoms with Gasteiger partial charge in [0.15, 0.2) is 5.13 Å². The summed E-state index contributed by atoms with van der Waals surface area (Å²) in [6.45, 7) is 5.08. The monoisotopic (exact) mass is 239 g/mol. The molecule has 3 nitrogen and oxygen atoms in total. The van der Waals surface area contributed by atoms with Gasteiger partial charge >= 0.3 is 0 Å². The van der Waals surface area contributed by atoms with Crippen molar-refractivity contribution in [2.45, 2.75) is 51.6 Å². The van der Waals surface area contributed by atoms with Gasteiger partial charge in [-0.2, -0.15) is 0 Å². The lowest BCUT2D eigenvalue weighted by Crippen LogP contribution is -2.27. The van der Waals surface area contributed by atoms with Crippen molar-refractivity contribution in [2.75, 3.05) is 11.9 Å². The smallest absolute Gasteiger partial charge is 0.185 e. The molecule has 1 heterocycles. The highest BCUT2D eigenvalue weighted by molar-refractivity contribution is 7.15. The molecule has 4 heteroatoms. The quantitative estimate of drug-likeness (QED) is 0.859. The molecule has 0 spiro atoms. The van der Waals surface area contributed by atoms with Crippen molar-refractivity contribution in [3.63, 3.8) is 0 Å². The lowest BCUT2D eigenvalue weighted by molar-refractivity contribution is 0.661. The molecule has 1 aliphatic carbocycles. The molecule has 0 bridgehead atoms. The maximum atomic E-state index is 5.79. The molecule has 1 atom stereocenters. The van der Waals surface area contributed by atoms with E-state index in [-0.39, 0.29) is 0 Å². The second-order valence-corrected chi connectivity index (χ2v) is 5.71. The Bertz CT molecular complexity index is 357. The minimum Gasteiger partial charge on any atom is -0.348 e. The Balaban J connectivity index is 2.21. The second-order valence-electron chi connectivity index (χ2n) is 4.65. The van der Waals surface area contributed by atoms with Gasteiger partial charge in [-0.3, -0.25) is 0 Å². The fraction of sp³-hybridized carbons (Fsp3) is 0.750. The maximum absolute atomic E-state index is 5.79. The van der Waals surface area contributed by atoms with Crippen LogP contribution in [-0.2, 0) is 6.54 Å². The van der Waals surface area contributed by atoms with Crippen LogP contribution in [0.25, 0.3) is 0 Å². The molecule has 1 aromatic rings. The summed E-state index contributed by atoms with van der Waals surface area (Å²) in [4.78, 5) is 8.33. The molecule has 0 radical (unpaired) electrons. The molecule has 1 aliphatic rings. The first-order valence-electron chi connectivity index (χ1n) is 6.09. The van der Waals surface area contributed by atoms with Crippen LogP contribution in [0.4, 0.5) is 5.13 Å². The van der Waals surface area contributed by atoms with Crippen LogP contribution >= 0.6 is 11.3 Å². The molecule has 0 aliphatic heterocycles. The van der Waals surface area contributed by atoms with Gasteiger partial charge in [-0.05, 0) is 26.2 Å². The third-order valence-corrected chi connectivity index (χ3v) is 4.60. The van der Waals surface area contributed by atoms with Crippen molar-refractivity contribution in [2.24, 2.45) is 5.73 Å². The highest BCUT2D eigenvalue weighted by Gasteiger charge is 2.30. The number of rotatable bonds is 5. The topological polar surface area (TPSA) is 42.2 Å². The van der Waals surface area contributed by atoms with Gasteiger partial charge < -0.3 is 10.6 Å². The van der Waals surface area contributed by atoms with Gasteiger partial charge in [-0.25, -0.2) is 4.98 Å². The van der Waals surface area contributed by atoms with Crippen molar-refractivity contribution in [1.82, 2.24) is 4.98 Å². The first kappa shape index (κ1) is 11.9. The van der Waals surface area contributed by atoms with Crippen molar-refractivity contribution in [3.05, 3.63) is 10.6 Å². The molecule has 16 heavy (non-hydrogen) atoms. The Hall–Kier alpha value is -0.610. The van der Waals surface area contributed by atoms with Crippen LogP contribution in [0.15, 0.2) is 0 Å². The normalized spacial score (nSPS) is 17.5. The van der Waals surface area contributed by atoms with Gasteiger partial charge in [0, 0.05) is 30.4 Å². The van der Waals surface area contributed by atoms with Crippen LogP contribution in [0.5, 0.6) is 0 Å². The molecule has 0 aromatic carbocycles. The Morgan fingerprint density at radius 2 is 2.25 bits per heavy atom. The van der Waals surface area contributed by atoms with Crippen molar-refractivity contribution < 1.29 is 0 Å². The number of anilines is 1. The lowest BCUT2D eigenvalue weighted by Gasteiger charge is -2.22. The van der Waals surface area contributed by atoms with Crippen LogP contribution in [0.3, 0.4) is 0 Å². The number of thiazole rings is 1. The summed E-state index contributed by atoms with van der Waals surface area (Å²) in [5, 5.41) is 1.14. The fourth-order valence-electron chi connectivity index (χ4n) is 1.79. The standard InChI is InChI=1S/C12H21N3S/c1-4-8(2)15(3)12-14-11(9-5-6-9)10(7-13)16-12/h8-9H,4-7,13H2,1-3H3. The van der Waals surface area contributed by atoms with E-state index < -0.39 is 0 Å². The van der Waals surface area contributed by atoms with E-state index in [9.17, 15) is 0 Å². The summed E-state index contributed by atoms with van der Waals surface area (Å²) in [6.07, 6.45) is 3.74. The summed E-state index contributed by atoms with van der Waals surface area (Å²) >= 11 is 1.77. The highest BCUT2D eigenvalue weighted by atomic mass is 32.1. The average molecular weight is 239 g/mol. The molecule has 90 valence electrons. The largest absolute Gasteiger partial charge is 0.348 e. The number of nitrogens with zero attached hydrogens (tertiary/aromatic N) is 2. The van der Waals surface area contributed by atoms with E-state index in [0.717, 1.165) is 11.6 Å². The zero-order chi connectivity index (χ0) is 11.7. The zero-order valence-electron chi connectivity index (χ0n) is 10.4. The molecule has 1 unspecified atom stereocenters. The SMILES string of the molecule is CCC(C)N(C)c1nc(C2CC2)c(CN)s1. The van der Waals surface area contributed by atoms with E-state index >= 15 is 0 Å². The summed E-state index contributed by atoms with van der Waals surface area (Å²) in [5.41, 5.74) is 7.07. The van der Waals surface area contributed by atoms with Crippen molar-refractivity contribution in [1.29, 1.82) is 0 Å². The molecule has 2 N–H and O–H groups in total. The third kappa shape index (κ3) is 2.23. The highest BCUT2D eigenvalue weighted by Crippen LogP contribution is 2.44. The summed E-state index contributed by atoms with van der Waals surface area (Å²) < 4.78 is 0. The lowest BCUT2D eigenvalue weighted by atomic mass is 10.2. The van der Waals surface area contributed by atoms with E-state index in [2.05, 4.69) is 25.8 Å². The van der Waals surface area contributed by atoms with E-state index in [1.807, 2.05) is 0 Å². The number of hydrogen-bond acceptors (Lipinski definition) is 4. The summed E-state index contributed by atoms with van der Waals surface area (Å²) in [5.74, 6) is 0.703. The van der Waals surface area contributed by atoms with Gasteiger partial charge in [-0.1, -0.05) is 6.92 Å². The Morgan fingerprint density at radius 3 is 2.75 bits per heavy atom. The second kappa shape index (κ2) is 4.72. The van der Waals surface area contributed by atoms with Crippen LogP contribution in [0.1, 0.15) is 49.6 Å². The summed E-state index contributed by atoms with van der Waals surface area (Å²) in [6, 6.07) is 0.545. The Labute approximate surface area is 102 Å². The first-order valence-corrected chi connectivity index (χ1v) is 6.91. The van der Waals surface area contributed by atoms with Crippen molar-refractivity contribution >= 4 is 16.5 Å². The van der Waals surface area contributed by atoms with Crippen LogP contribution in [0.2, 0.25) is 0 Å². The minimum absolute atomic E-state index is 0.545. The third-order valence-electron chi connectivity index (χ3n) is 3.42. The van der Waals surface area contributed by atoms with E-state index in [4.69, 9.17) is 10.7 Å². The molecular formula is C12H21N3S. The summed E-state index contributed by atoms with van der Waals surface area (Å²) in [7, 11) is 2.13. The van der Waals surface area contributed by atoms with Crippen LogP contribution in [0, 0.1) is 0 Å². The molecule has 0 amide bonds. The van der Waals surface area contributed by atoms with Gasteiger partial charge in [0.05, 0.1) is 5.69 Å². The van der Waals surface area contributed by atoms with Gasteiger partial charge in [0.25, 0.3) is 0 Å². The molecule has 1 fully saturated rings. The number of hydrogen-bond donors (Lipinski definition) is 1. The van der Waals surface area contributed by atoms with Crippen molar-refractivity contribution in [3.8, 4) is 0 Å². The Morgan fingerprint density at radius 1 is 1.56 bits per heavy atom. The maximum Gasteiger partial charge on any atom is 0.185 e. The van der Waals surface area contributed by atoms with E-state index in [1.54, 1.807) is 11.3 Å². The van der Waals surface area contributed by atoms with Crippen LogP contribution < -0.4 is 10.6 Å². The molecule has 2 rings (SSSR count). The number of nitrogens with two attached hydrogens (primary N) is 1. The molecule has 1 saturated carbocycles. The average Bonchev–Trinajstić information content (AvgIpc) is 3.06. The molecule has 1 aromatic heterocycles. The minimum atomic E-state index is 0.545. The molecular weight excluding hydrogens is 218 g/mol. The number of aromatic nitrogens is 1. The zero-order valence-corrected chi connectivity index (χ0v) is 11.2. The van der Waals surface area contributed by atoms with Gasteiger partial charge in [0.2, 0.25) is 0 Å². The Kier molecular flexibility index (Phi) is 3.50. The van der Waals surface area contributed by atoms with Gasteiger partial charge in [0.1, 0.15) is 0 Å². The predicted octanol–water partition coefficient (Wildman–Crippen LogP) is 2.71.